The van der Waals surface area contributed by atoms with Crippen molar-refractivity contribution in [3.63, 3.8) is 0 Å². The molecule has 0 aliphatic carbocycles. The van der Waals surface area contributed by atoms with Gasteiger partial charge in [0, 0.05) is 5.25 Å². The standard InChI is InChI=1S/C10H14O3S/c1-7-3-4-13-9(7)6-14-8(2)5-10(11)12/h3-4,8H,5-6H2,1-2H3,(H,11,12). The minimum Gasteiger partial charge on any atom is -0.481 e. The zero-order valence-corrected chi connectivity index (χ0v) is 9.13. The maximum Gasteiger partial charge on any atom is 0.304 e. The maximum atomic E-state index is 10.4. The van der Waals surface area contributed by atoms with Gasteiger partial charge in [0.05, 0.1) is 18.4 Å². The Morgan fingerprint density at radius 3 is 2.93 bits per heavy atom. The van der Waals surface area contributed by atoms with E-state index in [2.05, 4.69) is 0 Å². The van der Waals surface area contributed by atoms with Gasteiger partial charge in [-0.2, -0.15) is 11.8 Å². The lowest BCUT2D eigenvalue weighted by atomic mass is 10.3. The lowest BCUT2D eigenvalue weighted by molar-refractivity contribution is -0.136. The van der Waals surface area contributed by atoms with Gasteiger partial charge in [0.25, 0.3) is 0 Å². The van der Waals surface area contributed by atoms with Crippen molar-refractivity contribution in [2.45, 2.75) is 31.3 Å². The van der Waals surface area contributed by atoms with Gasteiger partial charge >= 0.3 is 5.97 Å². The van der Waals surface area contributed by atoms with Crippen LogP contribution in [0.25, 0.3) is 0 Å². The first-order valence-electron chi connectivity index (χ1n) is 4.46. The van der Waals surface area contributed by atoms with E-state index in [4.69, 9.17) is 9.52 Å². The molecule has 1 atom stereocenters. The Bertz CT molecular complexity index is 306. The molecule has 0 saturated heterocycles. The number of aryl methyl sites for hydroxylation is 1. The highest BCUT2D eigenvalue weighted by molar-refractivity contribution is 7.99. The first kappa shape index (κ1) is 11.2. The highest BCUT2D eigenvalue weighted by Crippen LogP contribution is 2.22. The van der Waals surface area contributed by atoms with Crippen molar-refractivity contribution in [3.05, 3.63) is 23.7 Å². The zero-order chi connectivity index (χ0) is 10.6. The van der Waals surface area contributed by atoms with E-state index in [1.807, 2.05) is 19.9 Å². The Balaban J connectivity index is 2.34. The number of carboxylic acid groups (broad SMARTS) is 1. The fourth-order valence-electron chi connectivity index (χ4n) is 1.07. The molecule has 0 aliphatic heterocycles. The van der Waals surface area contributed by atoms with Crippen LogP contribution in [-0.2, 0) is 10.5 Å². The first-order chi connectivity index (χ1) is 6.59. The average Bonchev–Trinajstić information content (AvgIpc) is 2.46. The average molecular weight is 214 g/mol. The minimum atomic E-state index is -0.749. The summed E-state index contributed by atoms with van der Waals surface area (Å²) in [5.41, 5.74) is 1.13. The van der Waals surface area contributed by atoms with Gasteiger partial charge in [0.15, 0.2) is 0 Å². The number of hydrogen-bond donors (Lipinski definition) is 1. The van der Waals surface area contributed by atoms with Crippen LogP contribution in [0.2, 0.25) is 0 Å². The van der Waals surface area contributed by atoms with E-state index in [1.165, 1.54) is 0 Å². The summed E-state index contributed by atoms with van der Waals surface area (Å²) in [4.78, 5) is 10.4. The minimum absolute atomic E-state index is 0.122. The van der Waals surface area contributed by atoms with Gasteiger partial charge in [0.1, 0.15) is 5.76 Å². The molecule has 0 aromatic carbocycles. The maximum absolute atomic E-state index is 10.4. The Labute approximate surface area is 87.5 Å². The molecule has 1 aromatic heterocycles. The zero-order valence-electron chi connectivity index (χ0n) is 8.32. The predicted octanol–water partition coefficient (Wildman–Crippen LogP) is 2.68. The second-order valence-electron chi connectivity index (χ2n) is 3.25. The fourth-order valence-corrected chi connectivity index (χ4v) is 2.07. The predicted molar refractivity (Wildman–Crippen MR) is 56.5 cm³/mol. The molecule has 0 amide bonds. The molecule has 14 heavy (non-hydrogen) atoms. The first-order valence-corrected chi connectivity index (χ1v) is 5.51. The molecule has 78 valence electrons. The number of carbonyl (C=O) groups is 1. The van der Waals surface area contributed by atoms with E-state index >= 15 is 0 Å². The molecule has 1 N–H and O–H groups in total. The lowest BCUT2D eigenvalue weighted by Gasteiger charge is -2.06. The van der Waals surface area contributed by atoms with Crippen LogP contribution in [0, 0.1) is 6.92 Å². The smallest absolute Gasteiger partial charge is 0.304 e. The normalized spacial score (nSPS) is 12.7. The van der Waals surface area contributed by atoms with Crippen LogP contribution >= 0.6 is 11.8 Å². The van der Waals surface area contributed by atoms with Gasteiger partial charge < -0.3 is 9.52 Å². The molecule has 0 aliphatic rings. The Kier molecular flexibility index (Phi) is 4.07. The molecule has 0 bridgehead atoms. The van der Waals surface area contributed by atoms with Crippen LogP contribution in [0.3, 0.4) is 0 Å². The van der Waals surface area contributed by atoms with Gasteiger partial charge in [-0.1, -0.05) is 6.92 Å². The number of furan rings is 1. The lowest BCUT2D eigenvalue weighted by Crippen LogP contribution is -2.05. The number of thioether (sulfide) groups is 1. The second kappa shape index (κ2) is 5.10. The monoisotopic (exact) mass is 214 g/mol. The molecular formula is C10H14O3S. The van der Waals surface area contributed by atoms with Crippen LogP contribution < -0.4 is 0 Å². The van der Waals surface area contributed by atoms with Gasteiger partial charge in [-0.05, 0) is 18.6 Å². The Morgan fingerprint density at radius 1 is 1.71 bits per heavy atom. The summed E-state index contributed by atoms with van der Waals surface area (Å²) >= 11 is 1.60. The third kappa shape index (κ3) is 3.46. The molecule has 0 radical (unpaired) electrons. The largest absolute Gasteiger partial charge is 0.481 e. The summed E-state index contributed by atoms with van der Waals surface area (Å²) in [6.45, 7) is 3.90. The molecule has 4 heteroatoms. The van der Waals surface area contributed by atoms with Gasteiger partial charge in [-0.3, -0.25) is 4.79 Å². The Morgan fingerprint density at radius 2 is 2.43 bits per heavy atom. The molecule has 1 aromatic rings. The third-order valence-corrected chi connectivity index (χ3v) is 3.09. The SMILES string of the molecule is Cc1ccoc1CSC(C)CC(=O)O. The van der Waals surface area contributed by atoms with E-state index < -0.39 is 5.97 Å². The summed E-state index contributed by atoms with van der Waals surface area (Å²) in [5.74, 6) is 0.932. The van der Waals surface area contributed by atoms with Crippen molar-refractivity contribution in [2.75, 3.05) is 0 Å². The van der Waals surface area contributed by atoms with Crippen LogP contribution in [0.15, 0.2) is 16.7 Å². The Hall–Kier alpha value is -0.900. The highest BCUT2D eigenvalue weighted by atomic mass is 32.2. The molecule has 1 unspecified atom stereocenters. The topological polar surface area (TPSA) is 50.4 Å². The van der Waals surface area contributed by atoms with E-state index in [-0.39, 0.29) is 11.7 Å². The van der Waals surface area contributed by atoms with E-state index in [9.17, 15) is 4.79 Å². The van der Waals surface area contributed by atoms with E-state index in [1.54, 1.807) is 18.0 Å². The van der Waals surface area contributed by atoms with Crippen molar-refractivity contribution < 1.29 is 14.3 Å². The number of rotatable bonds is 5. The van der Waals surface area contributed by atoms with Crippen molar-refractivity contribution in [1.29, 1.82) is 0 Å². The second-order valence-corrected chi connectivity index (χ2v) is 4.67. The fraction of sp³-hybridized carbons (Fsp3) is 0.500. The summed E-state index contributed by atoms with van der Waals surface area (Å²) in [5, 5.41) is 8.68. The number of carboxylic acids is 1. The summed E-state index contributed by atoms with van der Waals surface area (Å²) < 4.78 is 5.25. The summed E-state index contributed by atoms with van der Waals surface area (Å²) in [7, 11) is 0. The number of hydrogen-bond acceptors (Lipinski definition) is 3. The van der Waals surface area contributed by atoms with Gasteiger partial charge in [-0.25, -0.2) is 0 Å². The van der Waals surface area contributed by atoms with Crippen LogP contribution in [0.1, 0.15) is 24.7 Å². The molecule has 0 fully saturated rings. The molecule has 0 saturated carbocycles. The van der Waals surface area contributed by atoms with Crippen LogP contribution in [0.4, 0.5) is 0 Å². The van der Waals surface area contributed by atoms with Crippen molar-refractivity contribution in [2.24, 2.45) is 0 Å². The molecule has 1 rings (SSSR count). The van der Waals surface area contributed by atoms with Crippen LogP contribution in [-0.4, -0.2) is 16.3 Å². The molecular weight excluding hydrogens is 200 g/mol. The molecule has 0 spiro atoms. The van der Waals surface area contributed by atoms with Crippen molar-refractivity contribution in [1.82, 2.24) is 0 Å². The van der Waals surface area contributed by atoms with E-state index in [0.29, 0.717) is 0 Å². The summed E-state index contributed by atoms with van der Waals surface area (Å²) in [6.07, 6.45) is 1.86. The van der Waals surface area contributed by atoms with Crippen molar-refractivity contribution in [3.8, 4) is 0 Å². The van der Waals surface area contributed by atoms with Crippen LogP contribution in [0.5, 0.6) is 0 Å². The van der Waals surface area contributed by atoms with Gasteiger partial charge in [0.2, 0.25) is 0 Å². The van der Waals surface area contributed by atoms with Crippen molar-refractivity contribution >= 4 is 17.7 Å². The third-order valence-electron chi connectivity index (χ3n) is 1.93. The number of aliphatic carboxylic acids is 1. The van der Waals surface area contributed by atoms with Gasteiger partial charge in [-0.15, -0.1) is 0 Å². The summed E-state index contributed by atoms with van der Waals surface area (Å²) in [6, 6.07) is 1.91. The van der Waals surface area contributed by atoms with E-state index in [0.717, 1.165) is 17.1 Å². The molecule has 3 nitrogen and oxygen atoms in total. The quantitative estimate of drug-likeness (QED) is 0.818. The highest BCUT2D eigenvalue weighted by Gasteiger charge is 2.10. The molecule has 1 heterocycles.